The van der Waals surface area contributed by atoms with E-state index in [-0.39, 0.29) is 5.92 Å². The van der Waals surface area contributed by atoms with Crippen LogP contribution in [0, 0.1) is 0 Å². The molecule has 2 nitrogen and oxygen atoms in total. The van der Waals surface area contributed by atoms with Gasteiger partial charge in [0.25, 0.3) is 0 Å². The number of phenols is 2. The summed E-state index contributed by atoms with van der Waals surface area (Å²) in [6, 6.07) is 12.1. The Hall–Kier alpha value is -1.96. The van der Waals surface area contributed by atoms with E-state index in [1.54, 1.807) is 0 Å². The fraction of sp³-hybridized carbons (Fsp3) is 0.625. The first kappa shape index (κ1) is 28.3. The number of unbranched alkanes of at least 4 members (excludes halogenated alkanes) is 10. The number of hydrogen-bond acceptors (Lipinski definition) is 2. The molecule has 34 heavy (non-hydrogen) atoms. The van der Waals surface area contributed by atoms with Gasteiger partial charge in [0, 0.05) is 5.92 Å². The normalized spacial score (nSPS) is 11.4. The van der Waals surface area contributed by atoms with Gasteiger partial charge in [-0.2, -0.15) is 0 Å². The molecular formula is C32H50O2. The van der Waals surface area contributed by atoms with Crippen LogP contribution in [0.5, 0.6) is 11.5 Å². The van der Waals surface area contributed by atoms with Gasteiger partial charge in [-0.15, -0.1) is 0 Å². The van der Waals surface area contributed by atoms with Crippen LogP contribution in [0.1, 0.15) is 139 Å². The third-order valence-corrected chi connectivity index (χ3v) is 7.26. The molecule has 0 heterocycles. The topological polar surface area (TPSA) is 40.5 Å². The maximum Gasteiger partial charge on any atom is 0.119 e. The van der Waals surface area contributed by atoms with Gasteiger partial charge in [-0.3, -0.25) is 0 Å². The Labute approximate surface area is 209 Å². The highest BCUT2D eigenvalue weighted by Crippen LogP contribution is 2.39. The third-order valence-electron chi connectivity index (χ3n) is 7.26. The molecule has 0 aliphatic heterocycles. The minimum atomic E-state index is 0.217. The molecule has 0 spiro atoms. The Bertz CT molecular complexity index is 745. The van der Waals surface area contributed by atoms with Gasteiger partial charge in [-0.1, -0.05) is 116 Å². The van der Waals surface area contributed by atoms with E-state index in [0.717, 1.165) is 49.7 Å². The van der Waals surface area contributed by atoms with Crippen molar-refractivity contribution < 1.29 is 10.2 Å². The Morgan fingerprint density at radius 1 is 0.529 bits per heavy atom. The van der Waals surface area contributed by atoms with E-state index in [9.17, 15) is 10.2 Å². The van der Waals surface area contributed by atoms with Crippen molar-refractivity contribution in [3.05, 3.63) is 58.7 Å². The molecule has 0 bridgehead atoms. The summed E-state index contributed by atoms with van der Waals surface area (Å²) in [5.74, 6) is 1.09. The Kier molecular flexibility index (Phi) is 13.8. The summed E-state index contributed by atoms with van der Waals surface area (Å²) in [4.78, 5) is 0. The molecule has 0 unspecified atom stereocenters. The van der Waals surface area contributed by atoms with Crippen molar-refractivity contribution in [1.29, 1.82) is 0 Å². The van der Waals surface area contributed by atoms with Crippen LogP contribution in [0.2, 0.25) is 0 Å². The zero-order chi connectivity index (χ0) is 24.6. The number of hydrogen-bond donors (Lipinski definition) is 2. The van der Waals surface area contributed by atoms with E-state index in [1.807, 2.05) is 24.3 Å². The predicted molar refractivity (Wildman–Crippen MR) is 147 cm³/mol. The van der Waals surface area contributed by atoms with Gasteiger partial charge >= 0.3 is 0 Å². The smallest absolute Gasteiger partial charge is 0.119 e. The number of phenolic OH excluding ortho intramolecular Hbond substituents is 2. The van der Waals surface area contributed by atoms with Crippen LogP contribution >= 0.6 is 0 Å². The molecule has 190 valence electrons. The largest absolute Gasteiger partial charge is 0.508 e. The van der Waals surface area contributed by atoms with Crippen LogP contribution < -0.4 is 0 Å². The first-order valence-corrected chi connectivity index (χ1v) is 14.2. The fourth-order valence-corrected chi connectivity index (χ4v) is 5.31. The van der Waals surface area contributed by atoms with Gasteiger partial charge in [-0.05, 0) is 66.5 Å². The summed E-state index contributed by atoms with van der Waals surface area (Å²) in [5.41, 5.74) is 4.74. The minimum absolute atomic E-state index is 0.217. The molecule has 2 rings (SSSR count). The van der Waals surface area contributed by atoms with Gasteiger partial charge < -0.3 is 10.2 Å². The van der Waals surface area contributed by atoms with E-state index < -0.39 is 0 Å². The predicted octanol–water partition coefficient (Wildman–Crippen LogP) is 9.84. The second-order valence-electron chi connectivity index (χ2n) is 10.1. The lowest BCUT2D eigenvalue weighted by molar-refractivity contribution is 0.461. The molecule has 0 aliphatic carbocycles. The monoisotopic (exact) mass is 466 g/mol. The Morgan fingerprint density at radius 3 is 1.35 bits per heavy atom. The summed E-state index contributed by atoms with van der Waals surface area (Å²) in [6.45, 7) is 6.74. The summed E-state index contributed by atoms with van der Waals surface area (Å²) >= 11 is 0. The van der Waals surface area contributed by atoms with Crippen LogP contribution in [-0.4, -0.2) is 10.2 Å². The maximum absolute atomic E-state index is 10.8. The molecule has 0 amide bonds. The minimum Gasteiger partial charge on any atom is -0.508 e. The van der Waals surface area contributed by atoms with Crippen molar-refractivity contribution in [3.63, 3.8) is 0 Å². The van der Waals surface area contributed by atoms with E-state index in [4.69, 9.17) is 0 Å². The van der Waals surface area contributed by atoms with Crippen molar-refractivity contribution in [1.82, 2.24) is 0 Å². The standard InChI is InChI=1S/C32H50O2/c1-4-7-9-11-13-15-20-29-27(22-17-24-31(29)33)26(19-6-3)28-23-18-25-32(34)30(28)21-16-14-12-10-8-5-2/h17-18,22-26,33-34H,4-16,19-21H2,1-3H3. The third kappa shape index (κ3) is 9.01. The molecular weight excluding hydrogens is 416 g/mol. The molecule has 2 N–H and O–H groups in total. The molecule has 0 atom stereocenters. The van der Waals surface area contributed by atoms with Gasteiger partial charge in [0.2, 0.25) is 0 Å². The molecule has 0 saturated carbocycles. The lowest BCUT2D eigenvalue weighted by Gasteiger charge is -2.25. The van der Waals surface area contributed by atoms with Crippen LogP contribution in [0.3, 0.4) is 0 Å². The van der Waals surface area contributed by atoms with Gasteiger partial charge in [-0.25, -0.2) is 0 Å². The second-order valence-corrected chi connectivity index (χ2v) is 10.1. The fourth-order valence-electron chi connectivity index (χ4n) is 5.31. The second kappa shape index (κ2) is 16.6. The summed E-state index contributed by atoms with van der Waals surface area (Å²) < 4.78 is 0. The number of benzene rings is 2. The highest BCUT2D eigenvalue weighted by molar-refractivity contribution is 5.49. The average Bonchev–Trinajstić information content (AvgIpc) is 2.83. The molecule has 0 aliphatic rings. The number of rotatable bonds is 18. The number of aromatic hydroxyl groups is 2. The van der Waals surface area contributed by atoms with E-state index in [1.165, 1.54) is 75.3 Å². The Morgan fingerprint density at radius 2 is 0.941 bits per heavy atom. The van der Waals surface area contributed by atoms with Crippen molar-refractivity contribution in [2.45, 2.75) is 129 Å². The SMILES string of the molecule is CCCCCCCCc1c(O)cccc1C(CCC)c1cccc(O)c1CCCCCCCC. The van der Waals surface area contributed by atoms with Crippen molar-refractivity contribution >= 4 is 0 Å². The van der Waals surface area contributed by atoms with Crippen molar-refractivity contribution in [2.75, 3.05) is 0 Å². The van der Waals surface area contributed by atoms with Crippen LogP contribution in [0.4, 0.5) is 0 Å². The van der Waals surface area contributed by atoms with Crippen LogP contribution in [-0.2, 0) is 12.8 Å². The van der Waals surface area contributed by atoms with E-state index in [0.29, 0.717) is 11.5 Å². The Balaban J connectivity index is 2.22. The highest BCUT2D eigenvalue weighted by Gasteiger charge is 2.22. The van der Waals surface area contributed by atoms with Gasteiger partial charge in [0.05, 0.1) is 0 Å². The summed E-state index contributed by atoms with van der Waals surface area (Å²) in [5, 5.41) is 21.6. The molecule has 0 fully saturated rings. The molecule has 0 aromatic heterocycles. The van der Waals surface area contributed by atoms with Crippen LogP contribution in [0.15, 0.2) is 36.4 Å². The van der Waals surface area contributed by atoms with Crippen molar-refractivity contribution in [2.24, 2.45) is 0 Å². The van der Waals surface area contributed by atoms with E-state index >= 15 is 0 Å². The summed E-state index contributed by atoms with van der Waals surface area (Å²) in [7, 11) is 0. The zero-order valence-corrected chi connectivity index (χ0v) is 22.2. The van der Waals surface area contributed by atoms with Crippen LogP contribution in [0.25, 0.3) is 0 Å². The molecule has 2 aromatic carbocycles. The molecule has 0 radical (unpaired) electrons. The zero-order valence-electron chi connectivity index (χ0n) is 22.2. The van der Waals surface area contributed by atoms with Gasteiger partial charge in [0.15, 0.2) is 0 Å². The quantitative estimate of drug-likeness (QED) is 0.215. The molecule has 0 saturated heterocycles. The highest BCUT2D eigenvalue weighted by atomic mass is 16.3. The molecule has 2 aromatic rings. The summed E-state index contributed by atoms with van der Waals surface area (Å²) in [6.07, 6.45) is 19.0. The van der Waals surface area contributed by atoms with Crippen molar-refractivity contribution in [3.8, 4) is 11.5 Å². The average molecular weight is 467 g/mol. The first-order chi connectivity index (χ1) is 16.6. The van der Waals surface area contributed by atoms with E-state index in [2.05, 4.69) is 32.9 Å². The molecule has 2 heteroatoms. The van der Waals surface area contributed by atoms with Gasteiger partial charge in [0.1, 0.15) is 11.5 Å². The maximum atomic E-state index is 10.8. The first-order valence-electron chi connectivity index (χ1n) is 14.2. The lowest BCUT2D eigenvalue weighted by Crippen LogP contribution is -2.09. The lowest BCUT2D eigenvalue weighted by atomic mass is 9.80.